The summed E-state index contributed by atoms with van der Waals surface area (Å²) in [7, 11) is 0. The minimum absolute atomic E-state index is 0.252. The fraction of sp³-hybridized carbons (Fsp3) is 0.357. The predicted molar refractivity (Wildman–Crippen MR) is 79.2 cm³/mol. The van der Waals surface area contributed by atoms with Crippen LogP contribution < -0.4 is 4.90 Å². The molecule has 0 radical (unpaired) electrons. The van der Waals surface area contributed by atoms with Crippen LogP contribution in [-0.2, 0) is 4.79 Å². The lowest BCUT2D eigenvalue weighted by atomic mass is 9.98. The maximum Gasteiger partial charge on any atom is 0.335 e. The number of aromatic nitrogens is 1. The van der Waals surface area contributed by atoms with E-state index in [2.05, 4.69) is 9.88 Å². The molecule has 1 saturated heterocycles. The van der Waals surface area contributed by atoms with Crippen molar-refractivity contribution in [3.8, 4) is 0 Å². The molecule has 0 saturated carbocycles. The van der Waals surface area contributed by atoms with E-state index in [1.807, 2.05) is 0 Å². The molecule has 1 aliphatic heterocycles. The Labute approximate surface area is 124 Å². The van der Waals surface area contributed by atoms with Crippen molar-refractivity contribution in [2.75, 3.05) is 18.0 Å². The molecule has 2 aromatic rings. The first-order valence-electron chi connectivity index (χ1n) is 6.66. The minimum Gasteiger partial charge on any atom is -0.481 e. The number of carboxylic acid groups (broad SMARTS) is 2. The quantitative estimate of drug-likeness (QED) is 0.904. The monoisotopic (exact) mass is 306 g/mol. The number of fused-ring (bicyclic) bond motifs is 1. The number of anilines is 1. The first-order chi connectivity index (χ1) is 10.0. The molecule has 1 fully saturated rings. The first kappa shape index (κ1) is 13.8. The standard InChI is InChI=1S/C14H14N2O4S/c17-12(18)8-3-5-16(6-4-8)14-15-10-2-1-9(13(19)20)7-11(10)21-14/h1-2,7-8H,3-6H2,(H,17,18)(H,19,20). The SMILES string of the molecule is O=C(O)c1ccc2nc(N3CCC(C(=O)O)CC3)sc2c1. The van der Waals surface area contributed by atoms with Crippen molar-refractivity contribution in [2.24, 2.45) is 5.92 Å². The highest BCUT2D eigenvalue weighted by atomic mass is 32.1. The van der Waals surface area contributed by atoms with E-state index in [1.54, 1.807) is 18.2 Å². The summed E-state index contributed by atoms with van der Waals surface area (Å²) >= 11 is 1.45. The van der Waals surface area contributed by atoms with Crippen LogP contribution in [0.5, 0.6) is 0 Å². The molecule has 3 rings (SSSR count). The zero-order chi connectivity index (χ0) is 15.0. The van der Waals surface area contributed by atoms with Crippen molar-refractivity contribution in [1.82, 2.24) is 4.98 Å². The first-order valence-corrected chi connectivity index (χ1v) is 7.48. The molecule has 7 heteroatoms. The molecule has 110 valence electrons. The predicted octanol–water partition coefficient (Wildman–Crippen LogP) is 2.30. The van der Waals surface area contributed by atoms with Gasteiger partial charge in [0, 0.05) is 13.1 Å². The summed E-state index contributed by atoms with van der Waals surface area (Å²) in [6.07, 6.45) is 1.23. The summed E-state index contributed by atoms with van der Waals surface area (Å²) in [4.78, 5) is 28.5. The third-order valence-corrected chi connectivity index (χ3v) is 4.82. The molecule has 2 heterocycles. The van der Waals surface area contributed by atoms with Gasteiger partial charge in [0.05, 0.1) is 21.7 Å². The summed E-state index contributed by atoms with van der Waals surface area (Å²) in [5, 5.41) is 18.8. The number of thiazole rings is 1. The van der Waals surface area contributed by atoms with Crippen LogP contribution in [0, 0.1) is 5.92 Å². The zero-order valence-corrected chi connectivity index (χ0v) is 12.0. The van der Waals surface area contributed by atoms with Gasteiger partial charge in [-0.15, -0.1) is 0 Å². The van der Waals surface area contributed by atoms with Gasteiger partial charge in [-0.1, -0.05) is 11.3 Å². The highest BCUT2D eigenvalue weighted by molar-refractivity contribution is 7.22. The Bertz CT molecular complexity index is 704. The number of carbonyl (C=O) groups is 2. The Morgan fingerprint density at radius 3 is 2.57 bits per heavy atom. The number of aromatic carboxylic acids is 1. The topological polar surface area (TPSA) is 90.7 Å². The number of hydrogen-bond acceptors (Lipinski definition) is 5. The van der Waals surface area contributed by atoms with Gasteiger partial charge in [0.2, 0.25) is 0 Å². The van der Waals surface area contributed by atoms with E-state index in [1.165, 1.54) is 11.3 Å². The highest BCUT2D eigenvalue weighted by Crippen LogP contribution is 2.32. The average Bonchev–Trinajstić information content (AvgIpc) is 2.90. The Balaban J connectivity index is 1.82. The number of rotatable bonds is 3. The second-order valence-corrected chi connectivity index (χ2v) is 6.09. The maximum atomic E-state index is 11.0. The Morgan fingerprint density at radius 2 is 1.95 bits per heavy atom. The van der Waals surface area contributed by atoms with E-state index in [0.29, 0.717) is 25.9 Å². The van der Waals surface area contributed by atoms with Crippen molar-refractivity contribution in [3.63, 3.8) is 0 Å². The van der Waals surface area contributed by atoms with Gasteiger partial charge in [-0.3, -0.25) is 4.79 Å². The second kappa shape index (κ2) is 5.33. The van der Waals surface area contributed by atoms with Crippen LogP contribution in [0.2, 0.25) is 0 Å². The molecule has 1 aromatic carbocycles. The molecule has 0 atom stereocenters. The van der Waals surface area contributed by atoms with Crippen LogP contribution in [0.3, 0.4) is 0 Å². The van der Waals surface area contributed by atoms with Crippen molar-refractivity contribution in [1.29, 1.82) is 0 Å². The zero-order valence-electron chi connectivity index (χ0n) is 11.2. The van der Waals surface area contributed by atoms with Crippen molar-refractivity contribution in [2.45, 2.75) is 12.8 Å². The van der Waals surface area contributed by atoms with Gasteiger partial charge >= 0.3 is 11.9 Å². The molecule has 0 spiro atoms. The lowest BCUT2D eigenvalue weighted by Crippen LogP contribution is -2.36. The molecule has 1 aromatic heterocycles. The van der Waals surface area contributed by atoms with Gasteiger partial charge in [-0.05, 0) is 31.0 Å². The molecule has 1 aliphatic rings. The van der Waals surface area contributed by atoms with Gasteiger partial charge in [0.15, 0.2) is 5.13 Å². The van der Waals surface area contributed by atoms with Gasteiger partial charge in [0.1, 0.15) is 0 Å². The summed E-state index contributed by atoms with van der Waals surface area (Å²) in [6, 6.07) is 4.89. The van der Waals surface area contributed by atoms with Gasteiger partial charge in [-0.25, -0.2) is 9.78 Å². The van der Waals surface area contributed by atoms with Crippen LogP contribution >= 0.6 is 11.3 Å². The van der Waals surface area contributed by atoms with E-state index in [9.17, 15) is 9.59 Å². The fourth-order valence-electron chi connectivity index (χ4n) is 2.50. The van der Waals surface area contributed by atoms with E-state index < -0.39 is 11.9 Å². The molecule has 0 bridgehead atoms. The molecule has 0 unspecified atom stereocenters. The van der Waals surface area contributed by atoms with Crippen LogP contribution in [-0.4, -0.2) is 40.2 Å². The molecule has 21 heavy (non-hydrogen) atoms. The smallest absolute Gasteiger partial charge is 0.335 e. The van der Waals surface area contributed by atoms with Gasteiger partial charge < -0.3 is 15.1 Å². The third kappa shape index (κ3) is 2.69. The van der Waals surface area contributed by atoms with E-state index in [0.717, 1.165) is 15.3 Å². The summed E-state index contributed by atoms with van der Waals surface area (Å²) in [5.74, 6) is -1.95. The van der Waals surface area contributed by atoms with Crippen molar-refractivity contribution >= 4 is 38.6 Å². The summed E-state index contributed by atoms with van der Waals surface area (Å²) < 4.78 is 0.838. The minimum atomic E-state index is -0.950. The number of carboxylic acids is 2. The van der Waals surface area contributed by atoms with Crippen LogP contribution in [0.25, 0.3) is 10.2 Å². The second-order valence-electron chi connectivity index (χ2n) is 5.08. The maximum absolute atomic E-state index is 11.0. The fourth-order valence-corrected chi connectivity index (χ4v) is 3.55. The van der Waals surface area contributed by atoms with E-state index >= 15 is 0 Å². The Hall–Kier alpha value is -2.15. The molecule has 6 nitrogen and oxygen atoms in total. The normalized spacial score (nSPS) is 16.3. The van der Waals surface area contributed by atoms with Crippen LogP contribution in [0.1, 0.15) is 23.2 Å². The highest BCUT2D eigenvalue weighted by Gasteiger charge is 2.26. The number of hydrogen-bond donors (Lipinski definition) is 2. The number of piperidine rings is 1. The number of nitrogens with zero attached hydrogens (tertiary/aromatic N) is 2. The number of benzene rings is 1. The largest absolute Gasteiger partial charge is 0.481 e. The Morgan fingerprint density at radius 1 is 1.24 bits per heavy atom. The lowest BCUT2D eigenvalue weighted by molar-refractivity contribution is -0.142. The Kier molecular flexibility index (Phi) is 3.50. The molecular formula is C14H14N2O4S. The number of aliphatic carboxylic acids is 1. The van der Waals surface area contributed by atoms with Crippen LogP contribution in [0.15, 0.2) is 18.2 Å². The van der Waals surface area contributed by atoms with Gasteiger partial charge in [-0.2, -0.15) is 0 Å². The molecular weight excluding hydrogens is 292 g/mol. The van der Waals surface area contributed by atoms with Gasteiger partial charge in [0.25, 0.3) is 0 Å². The van der Waals surface area contributed by atoms with Crippen molar-refractivity contribution < 1.29 is 19.8 Å². The average molecular weight is 306 g/mol. The van der Waals surface area contributed by atoms with E-state index in [-0.39, 0.29) is 11.5 Å². The lowest BCUT2D eigenvalue weighted by Gasteiger charge is -2.29. The molecule has 2 N–H and O–H groups in total. The molecule has 0 amide bonds. The van der Waals surface area contributed by atoms with Crippen molar-refractivity contribution in [3.05, 3.63) is 23.8 Å². The summed E-state index contributed by atoms with van der Waals surface area (Å²) in [6.45, 7) is 1.34. The van der Waals surface area contributed by atoms with E-state index in [4.69, 9.17) is 10.2 Å². The van der Waals surface area contributed by atoms with Crippen LogP contribution in [0.4, 0.5) is 5.13 Å². The molecule has 0 aliphatic carbocycles. The third-order valence-electron chi connectivity index (χ3n) is 3.74. The summed E-state index contributed by atoms with van der Waals surface area (Å²) in [5.41, 5.74) is 1.03.